The molecule has 3 nitrogen and oxygen atoms in total. The summed E-state index contributed by atoms with van der Waals surface area (Å²) in [5.74, 6) is -0.854. The van der Waals surface area contributed by atoms with Gasteiger partial charge in [0.05, 0.1) is 19.1 Å². The molecule has 0 spiro atoms. The van der Waals surface area contributed by atoms with Gasteiger partial charge < -0.3 is 9.84 Å². The molecule has 0 fully saturated rings. The van der Waals surface area contributed by atoms with Crippen LogP contribution in [0.15, 0.2) is 18.2 Å². The molecule has 0 saturated carbocycles. The topological polar surface area (TPSA) is 46.5 Å². The molecule has 1 heterocycles. The molecule has 1 aromatic rings. The van der Waals surface area contributed by atoms with Crippen LogP contribution in [0.4, 0.5) is 0 Å². The smallest absolute Gasteiger partial charge is 0.306 e. The van der Waals surface area contributed by atoms with Crippen LogP contribution < -0.4 is 0 Å². The summed E-state index contributed by atoms with van der Waals surface area (Å²) in [5, 5.41) is 9.37. The molecule has 1 aliphatic heterocycles. The predicted molar refractivity (Wildman–Crippen MR) is 56.1 cm³/mol. The van der Waals surface area contributed by atoms with Crippen LogP contribution in [-0.4, -0.2) is 17.7 Å². The number of fused-ring (bicyclic) bond motifs is 1. The first kappa shape index (κ1) is 10.5. The largest absolute Gasteiger partial charge is 0.481 e. The van der Waals surface area contributed by atoms with Gasteiger partial charge in [-0.25, -0.2) is 0 Å². The monoisotopic (exact) mass is 226 g/mol. The maximum Gasteiger partial charge on any atom is 0.306 e. The molecule has 0 saturated heterocycles. The number of carboxylic acids is 1. The van der Waals surface area contributed by atoms with Crippen LogP contribution in [0.5, 0.6) is 0 Å². The molecule has 15 heavy (non-hydrogen) atoms. The van der Waals surface area contributed by atoms with Crippen LogP contribution in [-0.2, 0) is 16.0 Å². The number of rotatable bonds is 2. The molecule has 1 unspecified atom stereocenters. The average molecular weight is 227 g/mol. The van der Waals surface area contributed by atoms with Crippen molar-refractivity contribution in [3.63, 3.8) is 0 Å². The van der Waals surface area contributed by atoms with E-state index in [2.05, 4.69) is 0 Å². The number of aliphatic carboxylic acids is 1. The van der Waals surface area contributed by atoms with E-state index >= 15 is 0 Å². The van der Waals surface area contributed by atoms with Crippen molar-refractivity contribution in [2.75, 3.05) is 6.61 Å². The van der Waals surface area contributed by atoms with Gasteiger partial charge in [0, 0.05) is 5.02 Å². The Kier molecular flexibility index (Phi) is 2.93. The van der Waals surface area contributed by atoms with Crippen molar-refractivity contribution in [3.05, 3.63) is 34.3 Å². The number of hydrogen-bond donors (Lipinski definition) is 1. The van der Waals surface area contributed by atoms with Crippen molar-refractivity contribution in [1.82, 2.24) is 0 Å². The highest BCUT2D eigenvalue weighted by molar-refractivity contribution is 6.30. The lowest BCUT2D eigenvalue weighted by molar-refractivity contribution is -0.140. The highest BCUT2D eigenvalue weighted by atomic mass is 35.5. The summed E-state index contributed by atoms with van der Waals surface area (Å²) in [6.07, 6.45) is 0.459. The number of ether oxygens (including phenoxy) is 1. The Morgan fingerprint density at radius 3 is 3.13 bits per heavy atom. The summed E-state index contributed by atoms with van der Waals surface area (Å²) in [6.45, 7) is 0.576. The van der Waals surface area contributed by atoms with E-state index < -0.39 is 5.97 Å². The first-order valence-corrected chi connectivity index (χ1v) is 5.16. The van der Waals surface area contributed by atoms with Crippen LogP contribution in [0, 0.1) is 0 Å². The molecule has 1 aromatic carbocycles. The quantitative estimate of drug-likeness (QED) is 0.843. The minimum absolute atomic E-state index is 0.00660. The van der Waals surface area contributed by atoms with Crippen molar-refractivity contribution in [2.24, 2.45) is 0 Å². The fourth-order valence-corrected chi connectivity index (χ4v) is 2.00. The summed E-state index contributed by atoms with van der Waals surface area (Å²) in [6, 6.07) is 5.56. The molecule has 1 aliphatic rings. The van der Waals surface area contributed by atoms with Gasteiger partial charge in [-0.3, -0.25) is 4.79 Å². The number of carboxylic acid groups (broad SMARTS) is 1. The highest BCUT2D eigenvalue weighted by Crippen LogP contribution is 2.31. The molecule has 0 amide bonds. The molecule has 0 aromatic heterocycles. The lowest BCUT2D eigenvalue weighted by Crippen LogP contribution is -2.18. The summed E-state index contributed by atoms with van der Waals surface area (Å²) >= 11 is 5.88. The zero-order valence-corrected chi connectivity index (χ0v) is 8.83. The second kappa shape index (κ2) is 4.21. The van der Waals surface area contributed by atoms with Gasteiger partial charge in [-0.2, -0.15) is 0 Å². The maximum absolute atomic E-state index is 10.6. The second-order valence-electron chi connectivity index (χ2n) is 3.55. The molecular formula is C11H11ClO3. The van der Waals surface area contributed by atoms with Crippen LogP contribution in [0.1, 0.15) is 23.7 Å². The normalized spacial score (nSPS) is 19.7. The highest BCUT2D eigenvalue weighted by Gasteiger charge is 2.23. The van der Waals surface area contributed by atoms with Gasteiger partial charge in [0.2, 0.25) is 0 Å². The third-order valence-electron chi connectivity index (χ3n) is 2.51. The average Bonchev–Trinajstić information content (AvgIpc) is 2.18. The van der Waals surface area contributed by atoms with Gasteiger partial charge in [0.25, 0.3) is 0 Å². The van der Waals surface area contributed by atoms with Crippen LogP contribution in [0.2, 0.25) is 5.02 Å². The van der Waals surface area contributed by atoms with E-state index in [0.29, 0.717) is 11.6 Å². The molecule has 80 valence electrons. The maximum atomic E-state index is 10.6. The SMILES string of the molecule is O=C(O)CC1OCCc2ccc(Cl)cc21. The van der Waals surface area contributed by atoms with E-state index in [4.69, 9.17) is 21.4 Å². The van der Waals surface area contributed by atoms with Gasteiger partial charge in [-0.05, 0) is 29.7 Å². The fraction of sp³-hybridized carbons (Fsp3) is 0.364. The van der Waals surface area contributed by atoms with Gasteiger partial charge >= 0.3 is 5.97 Å². The molecule has 1 N–H and O–H groups in total. The first-order valence-electron chi connectivity index (χ1n) is 4.78. The van der Waals surface area contributed by atoms with Crippen LogP contribution in [0.3, 0.4) is 0 Å². The van der Waals surface area contributed by atoms with Gasteiger partial charge in [0.1, 0.15) is 0 Å². The molecule has 0 aliphatic carbocycles. The van der Waals surface area contributed by atoms with Crippen molar-refractivity contribution in [1.29, 1.82) is 0 Å². The lowest BCUT2D eigenvalue weighted by atomic mass is 9.96. The third-order valence-corrected chi connectivity index (χ3v) is 2.74. The molecule has 0 radical (unpaired) electrons. The fourth-order valence-electron chi connectivity index (χ4n) is 1.82. The molecule has 1 atom stereocenters. The van der Waals surface area contributed by atoms with E-state index in [1.54, 1.807) is 6.07 Å². The number of hydrogen-bond acceptors (Lipinski definition) is 2. The van der Waals surface area contributed by atoms with Crippen molar-refractivity contribution in [3.8, 4) is 0 Å². The summed E-state index contributed by atoms with van der Waals surface area (Å²) in [4.78, 5) is 10.6. The number of carbonyl (C=O) groups is 1. The molecule has 2 rings (SSSR count). The Labute approximate surface area is 92.6 Å². The van der Waals surface area contributed by atoms with Crippen LogP contribution >= 0.6 is 11.6 Å². The standard InChI is InChI=1S/C11H11ClO3/c12-8-2-1-7-3-4-15-10(6-11(13)14)9(7)5-8/h1-2,5,10H,3-4,6H2,(H,13,14). The van der Waals surface area contributed by atoms with Crippen molar-refractivity contribution in [2.45, 2.75) is 18.9 Å². The van der Waals surface area contributed by atoms with Gasteiger partial charge in [-0.15, -0.1) is 0 Å². The predicted octanol–water partition coefficient (Wildman–Crippen LogP) is 2.43. The third kappa shape index (κ3) is 2.30. The Morgan fingerprint density at radius 2 is 2.40 bits per heavy atom. The van der Waals surface area contributed by atoms with E-state index in [1.165, 1.54) is 0 Å². The first-order chi connectivity index (χ1) is 7.16. The molecular weight excluding hydrogens is 216 g/mol. The Balaban J connectivity index is 2.32. The Morgan fingerprint density at radius 1 is 1.60 bits per heavy atom. The van der Waals surface area contributed by atoms with E-state index in [0.717, 1.165) is 17.5 Å². The molecule has 0 bridgehead atoms. The van der Waals surface area contributed by atoms with E-state index in [9.17, 15) is 4.79 Å². The van der Waals surface area contributed by atoms with E-state index in [-0.39, 0.29) is 12.5 Å². The number of benzene rings is 1. The zero-order chi connectivity index (χ0) is 10.8. The summed E-state index contributed by atoms with van der Waals surface area (Å²) < 4.78 is 5.43. The van der Waals surface area contributed by atoms with Crippen molar-refractivity contribution < 1.29 is 14.6 Å². The molecule has 4 heteroatoms. The van der Waals surface area contributed by atoms with Crippen molar-refractivity contribution >= 4 is 17.6 Å². The minimum Gasteiger partial charge on any atom is -0.481 e. The summed E-state index contributed by atoms with van der Waals surface area (Å²) in [5.41, 5.74) is 2.05. The Bertz CT molecular complexity index is 389. The zero-order valence-electron chi connectivity index (χ0n) is 8.07. The van der Waals surface area contributed by atoms with Crippen LogP contribution in [0.25, 0.3) is 0 Å². The lowest BCUT2D eigenvalue weighted by Gasteiger charge is -2.25. The van der Waals surface area contributed by atoms with Gasteiger partial charge in [0.15, 0.2) is 0 Å². The van der Waals surface area contributed by atoms with E-state index in [1.807, 2.05) is 12.1 Å². The number of halogens is 1. The Hall–Kier alpha value is -1.06. The minimum atomic E-state index is -0.854. The van der Waals surface area contributed by atoms with Gasteiger partial charge in [-0.1, -0.05) is 17.7 Å². The summed E-state index contributed by atoms with van der Waals surface area (Å²) in [7, 11) is 0. The second-order valence-corrected chi connectivity index (χ2v) is 3.99.